The van der Waals surface area contributed by atoms with Crippen molar-refractivity contribution in [2.24, 2.45) is 11.8 Å². The normalized spacial score (nSPS) is 20.4. The van der Waals surface area contributed by atoms with Gasteiger partial charge in [0.05, 0.1) is 12.3 Å². The summed E-state index contributed by atoms with van der Waals surface area (Å²) in [4.78, 5) is 53.3. The maximum Gasteiger partial charge on any atom is 0.333 e. The summed E-state index contributed by atoms with van der Waals surface area (Å²) in [6.45, 7) is 0.855. The number of esters is 1. The van der Waals surface area contributed by atoms with Crippen molar-refractivity contribution in [1.82, 2.24) is 15.6 Å². The van der Waals surface area contributed by atoms with E-state index >= 15 is 0 Å². The predicted molar refractivity (Wildman–Crippen MR) is 125 cm³/mol. The summed E-state index contributed by atoms with van der Waals surface area (Å²) in [7, 11) is 0. The van der Waals surface area contributed by atoms with Gasteiger partial charge in [-0.15, -0.1) is 0 Å². The molecule has 2 saturated heterocycles. The average molecular weight is 482 g/mol. The molecule has 1 unspecified atom stereocenters. The Kier molecular flexibility index (Phi) is 7.74. The Morgan fingerprint density at radius 3 is 2.63 bits per heavy atom. The minimum Gasteiger partial charge on any atom is -0.462 e. The lowest BCUT2D eigenvalue weighted by Gasteiger charge is -2.22. The summed E-state index contributed by atoms with van der Waals surface area (Å²) in [6, 6.07) is 8.58. The quantitative estimate of drug-likeness (QED) is 0.274. The van der Waals surface area contributed by atoms with Gasteiger partial charge in [-0.2, -0.15) is 0 Å². The number of nitrogens with one attached hydrogen (secondary N) is 3. The van der Waals surface area contributed by atoms with Crippen LogP contribution in [0.15, 0.2) is 54.2 Å². The van der Waals surface area contributed by atoms with Crippen LogP contribution >= 0.6 is 0 Å². The minimum atomic E-state index is -0.731. The van der Waals surface area contributed by atoms with Crippen LogP contribution in [0.2, 0.25) is 0 Å². The first-order chi connectivity index (χ1) is 16.9. The number of halogens is 1. The third-order valence-electron chi connectivity index (χ3n) is 6.39. The Morgan fingerprint density at radius 2 is 2.00 bits per heavy atom. The number of ether oxygens (including phenoxy) is 1. The number of amides is 2. The Hall–Kier alpha value is -3.75. The fourth-order valence-electron chi connectivity index (χ4n) is 4.49. The van der Waals surface area contributed by atoms with E-state index in [9.17, 15) is 23.6 Å². The molecule has 2 aromatic rings. The standard InChI is InChI=1S/C26H28FN3O5/c27-20-5-3-16(4-6-20)12-19(15-23(31)22-2-1-9-28-22)25(33)30-21(13-17-7-10-29-24(17)32)14-18-8-11-35-26(18)34/h1-6,9,14,17,19,21,28H,7-8,10-13,15H2,(H,29,32)(H,30,33)/t17-,19?,21-/m0/s1. The second kappa shape index (κ2) is 11.1. The van der Waals surface area contributed by atoms with Crippen molar-refractivity contribution in [3.05, 3.63) is 71.3 Å². The van der Waals surface area contributed by atoms with E-state index in [1.54, 1.807) is 36.5 Å². The van der Waals surface area contributed by atoms with E-state index in [-0.39, 0.29) is 48.8 Å². The number of carbonyl (C=O) groups is 4. The number of cyclic esters (lactones) is 1. The van der Waals surface area contributed by atoms with Gasteiger partial charge in [-0.05, 0) is 49.1 Å². The van der Waals surface area contributed by atoms with Crippen molar-refractivity contribution in [2.45, 2.75) is 38.1 Å². The maximum absolute atomic E-state index is 13.4. The molecule has 1 aromatic carbocycles. The van der Waals surface area contributed by atoms with Crippen LogP contribution in [-0.2, 0) is 25.5 Å². The van der Waals surface area contributed by atoms with Crippen molar-refractivity contribution in [3.8, 4) is 0 Å². The molecule has 35 heavy (non-hydrogen) atoms. The number of rotatable bonds is 10. The predicted octanol–water partition coefficient (Wildman–Crippen LogP) is 2.47. The molecule has 0 saturated carbocycles. The summed E-state index contributed by atoms with van der Waals surface area (Å²) in [5.41, 5.74) is 1.58. The third kappa shape index (κ3) is 6.44. The van der Waals surface area contributed by atoms with E-state index in [1.165, 1.54) is 12.1 Å². The maximum atomic E-state index is 13.4. The van der Waals surface area contributed by atoms with E-state index < -0.39 is 17.9 Å². The van der Waals surface area contributed by atoms with Crippen LogP contribution in [0.1, 0.15) is 41.7 Å². The molecule has 2 aliphatic heterocycles. The molecule has 2 fully saturated rings. The molecule has 8 nitrogen and oxygen atoms in total. The number of hydrogen-bond acceptors (Lipinski definition) is 5. The molecule has 2 amide bonds. The highest BCUT2D eigenvalue weighted by atomic mass is 19.1. The zero-order valence-corrected chi connectivity index (χ0v) is 19.2. The van der Waals surface area contributed by atoms with Gasteiger partial charge in [0.2, 0.25) is 11.8 Å². The number of ketones is 1. The molecule has 184 valence electrons. The van der Waals surface area contributed by atoms with Crippen LogP contribution in [0.25, 0.3) is 0 Å². The fraction of sp³-hybridized carbons (Fsp3) is 0.385. The number of hydrogen-bond donors (Lipinski definition) is 3. The zero-order valence-electron chi connectivity index (χ0n) is 19.2. The second-order valence-corrected chi connectivity index (χ2v) is 8.94. The number of benzene rings is 1. The molecule has 0 radical (unpaired) electrons. The van der Waals surface area contributed by atoms with Crippen molar-refractivity contribution in [2.75, 3.05) is 13.2 Å². The molecule has 3 heterocycles. The van der Waals surface area contributed by atoms with Crippen molar-refractivity contribution in [3.63, 3.8) is 0 Å². The Bertz CT molecular complexity index is 1110. The second-order valence-electron chi connectivity index (χ2n) is 8.94. The molecule has 4 rings (SSSR count). The first-order valence-corrected chi connectivity index (χ1v) is 11.8. The summed E-state index contributed by atoms with van der Waals surface area (Å²) in [6.07, 6.45) is 4.89. The van der Waals surface area contributed by atoms with Crippen LogP contribution in [0, 0.1) is 17.7 Å². The van der Waals surface area contributed by atoms with Crippen molar-refractivity contribution >= 4 is 23.6 Å². The molecular weight excluding hydrogens is 453 g/mol. The Balaban J connectivity index is 1.54. The lowest BCUT2D eigenvalue weighted by molar-refractivity contribution is -0.135. The largest absolute Gasteiger partial charge is 0.462 e. The van der Waals surface area contributed by atoms with Gasteiger partial charge in [0, 0.05) is 49.0 Å². The summed E-state index contributed by atoms with van der Waals surface area (Å²) < 4.78 is 18.4. The topological polar surface area (TPSA) is 117 Å². The minimum absolute atomic E-state index is 0.0566. The van der Waals surface area contributed by atoms with E-state index in [1.807, 2.05) is 0 Å². The van der Waals surface area contributed by atoms with Crippen LogP contribution in [0.4, 0.5) is 4.39 Å². The third-order valence-corrected chi connectivity index (χ3v) is 6.39. The molecule has 3 atom stereocenters. The van der Waals surface area contributed by atoms with Crippen LogP contribution in [0.5, 0.6) is 0 Å². The molecule has 0 spiro atoms. The van der Waals surface area contributed by atoms with Gasteiger partial charge in [0.1, 0.15) is 5.82 Å². The highest BCUT2D eigenvalue weighted by molar-refractivity contribution is 5.97. The highest BCUT2D eigenvalue weighted by Crippen LogP contribution is 2.22. The molecule has 0 aliphatic carbocycles. The van der Waals surface area contributed by atoms with Gasteiger partial charge in [0.15, 0.2) is 5.78 Å². The monoisotopic (exact) mass is 481 g/mol. The van der Waals surface area contributed by atoms with Gasteiger partial charge in [-0.25, -0.2) is 9.18 Å². The van der Waals surface area contributed by atoms with Gasteiger partial charge >= 0.3 is 5.97 Å². The molecular formula is C26H28FN3O5. The molecule has 9 heteroatoms. The number of aromatic nitrogens is 1. The highest BCUT2D eigenvalue weighted by Gasteiger charge is 2.31. The van der Waals surface area contributed by atoms with Crippen LogP contribution in [-0.4, -0.2) is 47.7 Å². The fourth-order valence-corrected chi connectivity index (χ4v) is 4.49. The van der Waals surface area contributed by atoms with Crippen molar-refractivity contribution < 1.29 is 28.3 Å². The van der Waals surface area contributed by atoms with E-state index in [0.29, 0.717) is 37.1 Å². The Labute approximate surface area is 202 Å². The Morgan fingerprint density at radius 1 is 1.20 bits per heavy atom. The molecule has 0 bridgehead atoms. The number of carbonyl (C=O) groups excluding carboxylic acids is 4. The lowest BCUT2D eigenvalue weighted by atomic mass is 9.91. The van der Waals surface area contributed by atoms with Gasteiger partial charge < -0.3 is 20.4 Å². The van der Waals surface area contributed by atoms with Crippen LogP contribution in [0.3, 0.4) is 0 Å². The summed E-state index contributed by atoms with van der Waals surface area (Å²) in [5, 5.41) is 5.74. The van der Waals surface area contributed by atoms with Gasteiger partial charge in [-0.3, -0.25) is 14.4 Å². The summed E-state index contributed by atoms with van der Waals surface area (Å²) in [5.74, 6) is -2.51. The first-order valence-electron chi connectivity index (χ1n) is 11.8. The van der Waals surface area contributed by atoms with E-state index in [2.05, 4.69) is 15.6 Å². The van der Waals surface area contributed by atoms with Gasteiger partial charge in [-0.1, -0.05) is 18.2 Å². The van der Waals surface area contributed by atoms with Gasteiger partial charge in [0.25, 0.3) is 0 Å². The molecule has 1 aromatic heterocycles. The van der Waals surface area contributed by atoms with Crippen molar-refractivity contribution in [1.29, 1.82) is 0 Å². The number of aromatic amines is 1. The number of H-pyrrole nitrogens is 1. The summed E-state index contributed by atoms with van der Waals surface area (Å²) >= 11 is 0. The molecule has 3 N–H and O–H groups in total. The first kappa shape index (κ1) is 24.4. The SMILES string of the molecule is O=C1OCCC1=C[C@H](C[C@@H]1CCNC1=O)NC(=O)C(CC(=O)c1ccc[nH]1)Cc1ccc(F)cc1. The average Bonchev–Trinajstić information content (AvgIpc) is 3.59. The molecule has 2 aliphatic rings. The zero-order chi connectivity index (χ0) is 24.8. The van der Waals surface area contributed by atoms with E-state index in [0.717, 1.165) is 5.56 Å². The number of Topliss-reactive ketones (excluding diaryl/α,β-unsaturated/α-hetero) is 1. The van der Waals surface area contributed by atoms with E-state index in [4.69, 9.17) is 4.74 Å². The van der Waals surface area contributed by atoms with Crippen LogP contribution < -0.4 is 10.6 Å². The smallest absolute Gasteiger partial charge is 0.333 e. The lowest BCUT2D eigenvalue weighted by Crippen LogP contribution is -2.41.